The van der Waals surface area contributed by atoms with Gasteiger partial charge in [0.05, 0.1) is 19.8 Å². The van der Waals surface area contributed by atoms with E-state index < -0.39 is 0 Å². The van der Waals surface area contributed by atoms with Crippen LogP contribution in [0.5, 0.6) is 11.5 Å². The van der Waals surface area contributed by atoms with Gasteiger partial charge in [0.25, 0.3) is 5.56 Å². The van der Waals surface area contributed by atoms with E-state index in [1.54, 1.807) is 0 Å². The SMILES string of the molecule is CCOc1ccc(CCn2nnc3c(sc4nc(C)ccc43)c2=O)cc1OCC. The van der Waals surface area contributed by atoms with Crippen molar-refractivity contribution in [1.29, 1.82) is 0 Å². The molecule has 0 atom stereocenters. The zero-order valence-corrected chi connectivity index (χ0v) is 17.5. The predicted molar refractivity (Wildman–Crippen MR) is 114 cm³/mol. The van der Waals surface area contributed by atoms with Crippen LogP contribution in [-0.2, 0) is 13.0 Å². The number of pyridine rings is 1. The molecule has 0 aliphatic rings. The summed E-state index contributed by atoms with van der Waals surface area (Å²) in [5.41, 5.74) is 2.45. The molecule has 0 aliphatic heterocycles. The molecule has 3 aromatic heterocycles. The Morgan fingerprint density at radius 1 is 1.07 bits per heavy atom. The fourth-order valence-corrected chi connectivity index (χ4v) is 4.29. The number of benzene rings is 1. The average Bonchev–Trinajstić information content (AvgIpc) is 3.08. The van der Waals surface area contributed by atoms with Crippen LogP contribution in [0, 0.1) is 6.92 Å². The van der Waals surface area contributed by atoms with Crippen LogP contribution in [0.15, 0.2) is 35.1 Å². The van der Waals surface area contributed by atoms with Crippen molar-refractivity contribution in [2.24, 2.45) is 0 Å². The van der Waals surface area contributed by atoms with Crippen LogP contribution in [0.3, 0.4) is 0 Å². The van der Waals surface area contributed by atoms with Gasteiger partial charge in [-0.3, -0.25) is 4.79 Å². The Labute approximate surface area is 171 Å². The van der Waals surface area contributed by atoms with Crippen LogP contribution in [0.1, 0.15) is 25.1 Å². The van der Waals surface area contributed by atoms with E-state index in [4.69, 9.17) is 9.47 Å². The summed E-state index contributed by atoms with van der Waals surface area (Å²) >= 11 is 1.37. The second-order valence-corrected chi connectivity index (χ2v) is 7.60. The molecule has 0 bridgehead atoms. The highest BCUT2D eigenvalue weighted by atomic mass is 32.1. The molecular weight excluding hydrogens is 388 g/mol. The van der Waals surface area contributed by atoms with Crippen molar-refractivity contribution in [3.05, 3.63) is 51.9 Å². The summed E-state index contributed by atoms with van der Waals surface area (Å²) in [5.74, 6) is 1.44. The van der Waals surface area contributed by atoms with Crippen LogP contribution in [0.4, 0.5) is 0 Å². The lowest BCUT2D eigenvalue weighted by Crippen LogP contribution is -2.24. The van der Waals surface area contributed by atoms with E-state index in [0.717, 1.165) is 27.2 Å². The molecule has 4 rings (SSSR count). The predicted octanol–water partition coefficient (Wildman–Crippen LogP) is 3.75. The molecule has 29 heavy (non-hydrogen) atoms. The van der Waals surface area contributed by atoms with Crippen molar-refractivity contribution < 1.29 is 9.47 Å². The molecule has 4 aromatic rings. The fraction of sp³-hybridized carbons (Fsp3) is 0.333. The van der Waals surface area contributed by atoms with Gasteiger partial charge in [-0.1, -0.05) is 11.3 Å². The summed E-state index contributed by atoms with van der Waals surface area (Å²) in [4.78, 5) is 18.2. The van der Waals surface area contributed by atoms with Crippen molar-refractivity contribution in [2.45, 2.75) is 33.7 Å². The molecule has 0 fully saturated rings. The quantitative estimate of drug-likeness (QED) is 0.462. The summed E-state index contributed by atoms with van der Waals surface area (Å²) in [7, 11) is 0. The van der Waals surface area contributed by atoms with E-state index in [9.17, 15) is 4.79 Å². The first-order valence-corrected chi connectivity index (χ1v) is 10.4. The first-order valence-electron chi connectivity index (χ1n) is 9.63. The van der Waals surface area contributed by atoms with E-state index in [-0.39, 0.29) is 5.56 Å². The molecule has 1 aromatic carbocycles. The minimum Gasteiger partial charge on any atom is -0.490 e. The molecule has 0 aliphatic carbocycles. The molecule has 150 valence electrons. The number of thiophene rings is 1. The summed E-state index contributed by atoms with van der Waals surface area (Å²) in [6, 6.07) is 9.71. The zero-order chi connectivity index (χ0) is 20.4. The van der Waals surface area contributed by atoms with Gasteiger partial charge >= 0.3 is 0 Å². The van der Waals surface area contributed by atoms with Crippen molar-refractivity contribution >= 4 is 31.8 Å². The molecule has 0 spiro atoms. The van der Waals surface area contributed by atoms with E-state index in [0.29, 0.717) is 42.1 Å². The van der Waals surface area contributed by atoms with Gasteiger partial charge in [0, 0.05) is 11.1 Å². The largest absolute Gasteiger partial charge is 0.490 e. The Hall–Kier alpha value is -3.00. The first-order chi connectivity index (χ1) is 14.1. The highest BCUT2D eigenvalue weighted by Gasteiger charge is 2.14. The standard InChI is InChI=1S/C21H22N4O3S/c1-4-27-16-9-7-14(12-17(16)28-5-2)10-11-25-21(26)19-18(23-24-25)15-8-6-13(3)22-20(15)29-19/h6-9,12H,4-5,10-11H2,1-3H3. The van der Waals surface area contributed by atoms with Gasteiger partial charge in [-0.25, -0.2) is 9.67 Å². The van der Waals surface area contributed by atoms with Crippen LogP contribution in [-0.4, -0.2) is 33.2 Å². The summed E-state index contributed by atoms with van der Waals surface area (Å²) in [6.07, 6.45) is 0.634. The van der Waals surface area contributed by atoms with Crippen molar-refractivity contribution in [2.75, 3.05) is 13.2 Å². The summed E-state index contributed by atoms with van der Waals surface area (Å²) in [5, 5.41) is 9.32. The Balaban J connectivity index is 1.61. The molecular formula is C21H22N4O3S. The number of fused-ring (bicyclic) bond motifs is 3. The monoisotopic (exact) mass is 410 g/mol. The van der Waals surface area contributed by atoms with Crippen LogP contribution < -0.4 is 15.0 Å². The molecule has 3 heterocycles. The molecule has 0 amide bonds. The molecule has 0 unspecified atom stereocenters. The third-order valence-corrected chi connectivity index (χ3v) is 5.65. The van der Waals surface area contributed by atoms with Gasteiger partial charge in [0.2, 0.25) is 0 Å². The van der Waals surface area contributed by atoms with Crippen molar-refractivity contribution in [1.82, 2.24) is 20.0 Å². The molecule has 0 saturated carbocycles. The molecule has 0 saturated heterocycles. The lowest BCUT2D eigenvalue weighted by molar-refractivity contribution is 0.287. The van der Waals surface area contributed by atoms with Gasteiger partial charge in [-0.15, -0.1) is 16.4 Å². The van der Waals surface area contributed by atoms with E-state index in [1.165, 1.54) is 16.0 Å². The highest BCUT2D eigenvalue weighted by molar-refractivity contribution is 7.25. The van der Waals surface area contributed by atoms with E-state index in [1.807, 2.05) is 51.1 Å². The van der Waals surface area contributed by atoms with Gasteiger partial charge in [0.15, 0.2) is 11.5 Å². The summed E-state index contributed by atoms with van der Waals surface area (Å²) < 4.78 is 13.3. The maximum absolute atomic E-state index is 12.9. The Morgan fingerprint density at radius 3 is 2.66 bits per heavy atom. The number of hydrogen-bond donors (Lipinski definition) is 0. The van der Waals surface area contributed by atoms with Crippen LogP contribution >= 0.6 is 11.3 Å². The van der Waals surface area contributed by atoms with Crippen molar-refractivity contribution in [3.8, 4) is 11.5 Å². The van der Waals surface area contributed by atoms with Gasteiger partial charge < -0.3 is 9.47 Å². The lowest BCUT2D eigenvalue weighted by atomic mass is 10.1. The summed E-state index contributed by atoms with van der Waals surface area (Å²) in [6.45, 7) is 7.38. The average molecular weight is 410 g/mol. The Morgan fingerprint density at radius 2 is 1.86 bits per heavy atom. The maximum atomic E-state index is 12.9. The lowest BCUT2D eigenvalue weighted by Gasteiger charge is -2.12. The third-order valence-electron chi connectivity index (χ3n) is 4.57. The number of aryl methyl sites for hydroxylation is 3. The Bertz CT molecular complexity index is 1230. The minimum absolute atomic E-state index is 0.133. The topological polar surface area (TPSA) is 79.1 Å². The fourth-order valence-electron chi connectivity index (χ4n) is 3.19. The highest BCUT2D eigenvalue weighted by Crippen LogP contribution is 2.30. The zero-order valence-electron chi connectivity index (χ0n) is 16.6. The normalized spacial score (nSPS) is 11.3. The first kappa shape index (κ1) is 19.3. The third kappa shape index (κ3) is 3.80. The number of aromatic nitrogens is 4. The smallest absolute Gasteiger partial charge is 0.287 e. The Kier molecular flexibility index (Phi) is 5.44. The minimum atomic E-state index is -0.133. The number of ether oxygens (including phenoxy) is 2. The van der Waals surface area contributed by atoms with Gasteiger partial charge in [-0.05, 0) is 57.0 Å². The van der Waals surface area contributed by atoms with Crippen LogP contribution in [0.2, 0.25) is 0 Å². The van der Waals surface area contributed by atoms with E-state index in [2.05, 4.69) is 15.3 Å². The van der Waals surface area contributed by atoms with E-state index >= 15 is 0 Å². The molecule has 0 radical (unpaired) electrons. The number of hydrogen-bond acceptors (Lipinski definition) is 7. The molecule has 8 heteroatoms. The molecule has 7 nitrogen and oxygen atoms in total. The maximum Gasteiger partial charge on any atom is 0.287 e. The van der Waals surface area contributed by atoms with Crippen LogP contribution in [0.25, 0.3) is 20.4 Å². The molecule has 0 N–H and O–H groups in total. The second kappa shape index (κ2) is 8.16. The van der Waals surface area contributed by atoms with Crippen molar-refractivity contribution in [3.63, 3.8) is 0 Å². The van der Waals surface area contributed by atoms with Gasteiger partial charge in [0.1, 0.15) is 15.0 Å². The number of rotatable bonds is 7. The van der Waals surface area contributed by atoms with Gasteiger partial charge in [-0.2, -0.15) is 0 Å². The second-order valence-electron chi connectivity index (χ2n) is 6.60. The number of nitrogens with zero attached hydrogens (tertiary/aromatic N) is 4.